The fourth-order valence-corrected chi connectivity index (χ4v) is 3.61. The Labute approximate surface area is 156 Å². The maximum Gasteiger partial charge on any atom is 0.221 e. The Kier molecular flexibility index (Phi) is 6.20. The number of aromatic nitrogens is 1. The summed E-state index contributed by atoms with van der Waals surface area (Å²) in [4.78, 5) is 16.4. The predicted molar refractivity (Wildman–Crippen MR) is 97.1 cm³/mol. The molecule has 3 rings (SSSR count). The molecule has 1 amide bonds. The molecule has 0 bridgehead atoms. The minimum Gasteiger partial charge on any atom is -0.353 e. The van der Waals surface area contributed by atoms with Gasteiger partial charge in [-0.1, -0.05) is 36.9 Å². The summed E-state index contributed by atoms with van der Waals surface area (Å²) in [5, 5.41) is 3.07. The van der Waals surface area contributed by atoms with Crippen LogP contribution in [0.1, 0.15) is 55.6 Å². The van der Waals surface area contributed by atoms with Gasteiger partial charge >= 0.3 is 0 Å². The number of nitrogens with one attached hydrogen (secondary N) is 1. The summed E-state index contributed by atoms with van der Waals surface area (Å²) in [6.07, 6.45) is 8.10. The van der Waals surface area contributed by atoms with E-state index in [1.165, 1.54) is 30.8 Å². The fraction of sp³-hybridized carbons (Fsp3) is 0.400. The van der Waals surface area contributed by atoms with Gasteiger partial charge in [0.05, 0.1) is 11.2 Å². The lowest BCUT2D eigenvalue weighted by Crippen LogP contribution is -2.36. The third-order valence-electron chi connectivity index (χ3n) is 4.83. The molecule has 2 aromatic rings. The second-order valence-corrected chi connectivity index (χ2v) is 7.18. The summed E-state index contributed by atoms with van der Waals surface area (Å²) in [6.45, 7) is 0. The predicted octanol–water partition coefficient (Wildman–Crippen LogP) is 4.98. The quantitative estimate of drug-likeness (QED) is 0.796. The van der Waals surface area contributed by atoms with Crippen molar-refractivity contribution in [3.8, 4) is 0 Å². The lowest BCUT2D eigenvalue weighted by Gasteiger charge is -2.24. The maximum absolute atomic E-state index is 13.9. The van der Waals surface area contributed by atoms with Gasteiger partial charge in [0.25, 0.3) is 0 Å². The minimum atomic E-state index is -0.564. The van der Waals surface area contributed by atoms with E-state index in [0.717, 1.165) is 31.9 Å². The number of carbonyl (C=O) groups excluding carboxylic acids is 1. The van der Waals surface area contributed by atoms with Crippen LogP contribution in [0.25, 0.3) is 0 Å². The van der Waals surface area contributed by atoms with Crippen LogP contribution >= 0.6 is 11.6 Å². The topological polar surface area (TPSA) is 42.0 Å². The second kappa shape index (κ2) is 8.58. The van der Waals surface area contributed by atoms with E-state index in [1.807, 2.05) is 0 Å². The summed E-state index contributed by atoms with van der Waals surface area (Å²) in [7, 11) is 0. The van der Waals surface area contributed by atoms with Crippen LogP contribution in [-0.2, 0) is 4.79 Å². The van der Waals surface area contributed by atoms with Crippen LogP contribution in [0, 0.1) is 11.6 Å². The van der Waals surface area contributed by atoms with Crippen molar-refractivity contribution in [2.75, 3.05) is 0 Å². The largest absolute Gasteiger partial charge is 0.353 e. The molecular formula is C20H21ClF2N2O. The van der Waals surface area contributed by atoms with E-state index in [0.29, 0.717) is 11.1 Å². The Bertz CT molecular complexity index is 778. The van der Waals surface area contributed by atoms with Gasteiger partial charge in [-0.05, 0) is 42.2 Å². The van der Waals surface area contributed by atoms with E-state index in [2.05, 4.69) is 10.3 Å². The van der Waals surface area contributed by atoms with Crippen molar-refractivity contribution in [3.63, 3.8) is 0 Å². The molecule has 1 saturated carbocycles. The highest BCUT2D eigenvalue weighted by Gasteiger charge is 2.23. The summed E-state index contributed by atoms with van der Waals surface area (Å²) in [5.41, 5.74) is 1.10. The van der Waals surface area contributed by atoms with Crippen LogP contribution in [0.2, 0.25) is 5.02 Å². The zero-order valence-electron chi connectivity index (χ0n) is 14.4. The van der Waals surface area contributed by atoms with Crippen LogP contribution in [-0.4, -0.2) is 16.9 Å². The van der Waals surface area contributed by atoms with Crippen LogP contribution in [0.5, 0.6) is 0 Å². The van der Waals surface area contributed by atoms with Gasteiger partial charge < -0.3 is 5.32 Å². The number of rotatable bonds is 5. The number of amides is 1. The molecule has 3 nitrogen and oxygen atoms in total. The van der Waals surface area contributed by atoms with Crippen LogP contribution in [0.3, 0.4) is 0 Å². The number of carbonyl (C=O) groups is 1. The molecule has 1 aliphatic carbocycles. The van der Waals surface area contributed by atoms with Crippen LogP contribution in [0.15, 0.2) is 36.7 Å². The van der Waals surface area contributed by atoms with Crippen molar-refractivity contribution in [1.82, 2.24) is 10.3 Å². The van der Waals surface area contributed by atoms with Crippen molar-refractivity contribution in [1.29, 1.82) is 0 Å². The van der Waals surface area contributed by atoms with Crippen molar-refractivity contribution < 1.29 is 13.6 Å². The molecule has 26 heavy (non-hydrogen) atoms. The molecule has 1 heterocycles. The molecule has 0 aliphatic heterocycles. The van der Waals surface area contributed by atoms with E-state index in [4.69, 9.17) is 11.6 Å². The maximum atomic E-state index is 13.9. The monoisotopic (exact) mass is 378 g/mol. The first-order valence-electron chi connectivity index (χ1n) is 8.87. The number of hydrogen-bond donors (Lipinski definition) is 1. The van der Waals surface area contributed by atoms with Crippen molar-refractivity contribution in [2.24, 2.45) is 0 Å². The average molecular weight is 379 g/mol. The zero-order valence-corrected chi connectivity index (χ0v) is 15.1. The smallest absolute Gasteiger partial charge is 0.221 e. The SMILES string of the molecule is O=C(CC(c1cncc(F)c1)c1ccc(Cl)c(F)c1)NC1CCCCC1. The van der Waals surface area contributed by atoms with Gasteiger partial charge in [-0.25, -0.2) is 8.78 Å². The van der Waals surface area contributed by atoms with Crippen molar-refractivity contribution >= 4 is 17.5 Å². The molecule has 0 spiro atoms. The van der Waals surface area contributed by atoms with E-state index in [-0.39, 0.29) is 23.4 Å². The van der Waals surface area contributed by atoms with Gasteiger partial charge in [-0.3, -0.25) is 9.78 Å². The Morgan fingerprint density at radius 3 is 2.62 bits per heavy atom. The highest BCUT2D eigenvalue weighted by Crippen LogP contribution is 2.30. The Hall–Kier alpha value is -2.01. The number of halogens is 3. The standard InChI is InChI=1S/C20H21ClF2N2O/c21-18-7-6-13(9-19(18)23)17(14-8-15(22)12-24-11-14)10-20(26)25-16-4-2-1-3-5-16/h6-9,11-12,16-17H,1-5,10H2,(H,25,26). The van der Waals surface area contributed by atoms with Crippen molar-refractivity contribution in [3.05, 3.63) is 64.4 Å². The second-order valence-electron chi connectivity index (χ2n) is 6.77. The molecule has 1 unspecified atom stereocenters. The molecule has 138 valence electrons. The molecule has 0 saturated heterocycles. The summed E-state index contributed by atoms with van der Waals surface area (Å²) < 4.78 is 27.6. The first-order valence-corrected chi connectivity index (χ1v) is 9.25. The van der Waals surface area contributed by atoms with E-state index in [9.17, 15) is 13.6 Å². The molecule has 1 atom stereocenters. The van der Waals surface area contributed by atoms with Gasteiger partial charge in [0.15, 0.2) is 0 Å². The Morgan fingerprint density at radius 1 is 1.15 bits per heavy atom. The summed E-state index contributed by atoms with van der Waals surface area (Å²) in [6, 6.07) is 5.92. The van der Waals surface area contributed by atoms with Crippen LogP contribution in [0.4, 0.5) is 8.78 Å². The van der Waals surface area contributed by atoms with Crippen molar-refractivity contribution in [2.45, 2.75) is 50.5 Å². The number of hydrogen-bond acceptors (Lipinski definition) is 2. The number of nitrogens with zero attached hydrogens (tertiary/aromatic N) is 1. The summed E-state index contributed by atoms with van der Waals surface area (Å²) >= 11 is 5.76. The van der Waals surface area contributed by atoms with Gasteiger partial charge in [0.1, 0.15) is 11.6 Å². The first kappa shape index (κ1) is 18.8. The number of pyridine rings is 1. The van der Waals surface area contributed by atoms with E-state index >= 15 is 0 Å². The molecule has 1 aliphatic rings. The van der Waals surface area contributed by atoms with Gasteiger partial charge in [-0.2, -0.15) is 0 Å². The number of benzene rings is 1. The van der Waals surface area contributed by atoms with Crippen LogP contribution < -0.4 is 5.32 Å². The summed E-state index contributed by atoms with van der Waals surface area (Å²) in [5.74, 6) is -1.67. The lowest BCUT2D eigenvalue weighted by atomic mass is 9.88. The third-order valence-corrected chi connectivity index (χ3v) is 5.14. The highest BCUT2D eigenvalue weighted by molar-refractivity contribution is 6.30. The normalized spacial score (nSPS) is 16.3. The molecule has 6 heteroatoms. The minimum absolute atomic E-state index is 0.0107. The van der Waals surface area contributed by atoms with E-state index in [1.54, 1.807) is 6.07 Å². The molecule has 0 radical (unpaired) electrons. The third kappa shape index (κ3) is 4.79. The fourth-order valence-electron chi connectivity index (χ4n) is 3.50. The lowest BCUT2D eigenvalue weighted by molar-refractivity contribution is -0.122. The molecule has 1 N–H and O–H groups in total. The molecule has 1 aromatic carbocycles. The average Bonchev–Trinajstić information content (AvgIpc) is 2.63. The van der Waals surface area contributed by atoms with Gasteiger partial charge in [-0.15, -0.1) is 0 Å². The molecular weight excluding hydrogens is 358 g/mol. The first-order chi connectivity index (χ1) is 12.5. The Morgan fingerprint density at radius 2 is 1.92 bits per heavy atom. The zero-order chi connectivity index (χ0) is 18.5. The Balaban J connectivity index is 1.82. The van der Waals surface area contributed by atoms with E-state index < -0.39 is 17.6 Å². The van der Waals surface area contributed by atoms with Gasteiger partial charge in [0, 0.05) is 24.6 Å². The highest BCUT2D eigenvalue weighted by atomic mass is 35.5. The van der Waals surface area contributed by atoms with Gasteiger partial charge in [0.2, 0.25) is 5.91 Å². The molecule has 1 aromatic heterocycles. The molecule has 1 fully saturated rings.